The lowest BCUT2D eigenvalue weighted by molar-refractivity contribution is 0.439. The van der Waals surface area contributed by atoms with E-state index in [1.165, 1.54) is 11.1 Å². The zero-order valence-corrected chi connectivity index (χ0v) is 17.4. The van der Waals surface area contributed by atoms with Crippen molar-refractivity contribution in [2.24, 2.45) is 0 Å². The summed E-state index contributed by atoms with van der Waals surface area (Å²) in [5.41, 5.74) is 6.08. The lowest BCUT2D eigenvalue weighted by atomic mass is 9.82. The van der Waals surface area contributed by atoms with E-state index in [1.54, 1.807) is 0 Å². The van der Waals surface area contributed by atoms with Crippen molar-refractivity contribution in [3.8, 4) is 11.5 Å². The first-order valence-electron chi connectivity index (χ1n) is 9.78. The summed E-state index contributed by atoms with van der Waals surface area (Å²) in [6.07, 6.45) is 2.40. The van der Waals surface area contributed by atoms with Crippen LogP contribution in [0.25, 0.3) is 0 Å². The summed E-state index contributed by atoms with van der Waals surface area (Å²) in [4.78, 5) is 0. The first-order valence-corrected chi connectivity index (χ1v) is 9.78. The van der Waals surface area contributed by atoms with Gasteiger partial charge in [0.25, 0.3) is 0 Å². The Kier molecular flexibility index (Phi) is 6.05. The second-order valence-corrected chi connectivity index (χ2v) is 8.63. The molecule has 0 fully saturated rings. The summed E-state index contributed by atoms with van der Waals surface area (Å²) in [7, 11) is 0. The van der Waals surface area contributed by atoms with Gasteiger partial charge >= 0.3 is 0 Å². The molecule has 0 aliphatic carbocycles. The molecule has 0 heterocycles. The average molecular weight is 355 g/mol. The van der Waals surface area contributed by atoms with Crippen LogP contribution >= 0.6 is 0 Å². The Labute approximate surface area is 158 Å². The zero-order valence-electron chi connectivity index (χ0n) is 17.4. The van der Waals surface area contributed by atoms with Crippen LogP contribution in [0.1, 0.15) is 87.8 Å². The molecule has 2 N–H and O–H groups in total. The molecule has 2 heteroatoms. The smallest absolute Gasteiger partial charge is 0.122 e. The highest BCUT2D eigenvalue weighted by atomic mass is 16.3. The zero-order chi connectivity index (χ0) is 19.6. The monoisotopic (exact) mass is 354 g/mol. The Morgan fingerprint density at radius 1 is 0.808 bits per heavy atom. The molecule has 2 nitrogen and oxygen atoms in total. The summed E-state index contributed by atoms with van der Waals surface area (Å²) >= 11 is 0. The van der Waals surface area contributed by atoms with Gasteiger partial charge in [-0.15, -0.1) is 0 Å². The minimum atomic E-state index is -0.125. The lowest BCUT2D eigenvalue weighted by Gasteiger charge is -2.24. The van der Waals surface area contributed by atoms with Gasteiger partial charge in [0.2, 0.25) is 0 Å². The fourth-order valence-corrected chi connectivity index (χ4v) is 3.44. The third kappa shape index (κ3) is 4.23. The molecular formula is C24H34O2. The number of benzene rings is 2. The molecule has 2 aromatic rings. The van der Waals surface area contributed by atoms with Gasteiger partial charge in [0.05, 0.1) is 0 Å². The van der Waals surface area contributed by atoms with Gasteiger partial charge in [-0.25, -0.2) is 0 Å². The molecule has 2 aromatic carbocycles. The topological polar surface area (TPSA) is 40.5 Å². The largest absolute Gasteiger partial charge is 0.507 e. The van der Waals surface area contributed by atoms with Crippen LogP contribution in [0, 0.1) is 0 Å². The number of hydrogen-bond acceptors (Lipinski definition) is 2. The Morgan fingerprint density at radius 2 is 1.31 bits per heavy atom. The van der Waals surface area contributed by atoms with Crippen molar-refractivity contribution >= 4 is 0 Å². The molecule has 26 heavy (non-hydrogen) atoms. The summed E-state index contributed by atoms with van der Waals surface area (Å²) in [5, 5.41) is 21.7. The van der Waals surface area contributed by atoms with Crippen LogP contribution in [0.4, 0.5) is 0 Å². The first-order chi connectivity index (χ1) is 12.1. The summed E-state index contributed by atoms with van der Waals surface area (Å²) in [5.74, 6) is 0.999. The molecule has 0 spiro atoms. The summed E-state index contributed by atoms with van der Waals surface area (Å²) in [6.45, 7) is 14.8. The predicted octanol–water partition coefficient (Wildman–Crippen LogP) is 6.23. The van der Waals surface area contributed by atoms with Crippen molar-refractivity contribution in [2.45, 2.75) is 79.1 Å². The number of aromatic hydroxyl groups is 2. The van der Waals surface area contributed by atoms with Crippen LogP contribution in [0.5, 0.6) is 11.5 Å². The molecular weight excluding hydrogens is 320 g/mol. The van der Waals surface area contributed by atoms with E-state index in [1.807, 2.05) is 0 Å². The molecule has 0 unspecified atom stereocenters. The second-order valence-electron chi connectivity index (χ2n) is 8.63. The van der Waals surface area contributed by atoms with E-state index >= 15 is 0 Å². The van der Waals surface area contributed by atoms with E-state index in [9.17, 15) is 10.2 Å². The van der Waals surface area contributed by atoms with Crippen LogP contribution in [0.15, 0.2) is 24.3 Å². The first kappa shape index (κ1) is 20.4. The van der Waals surface area contributed by atoms with Crippen LogP contribution in [0.2, 0.25) is 0 Å². The second kappa shape index (κ2) is 7.73. The van der Waals surface area contributed by atoms with E-state index in [2.05, 4.69) is 72.7 Å². The van der Waals surface area contributed by atoms with E-state index in [-0.39, 0.29) is 11.3 Å². The molecule has 0 amide bonds. The number of phenols is 2. The van der Waals surface area contributed by atoms with Gasteiger partial charge in [0, 0.05) is 6.42 Å². The number of hydrogen-bond donors (Lipinski definition) is 2. The summed E-state index contributed by atoms with van der Waals surface area (Å²) in [6, 6.07) is 8.38. The maximum absolute atomic E-state index is 10.9. The van der Waals surface area contributed by atoms with Crippen LogP contribution in [-0.4, -0.2) is 10.2 Å². The SMILES string of the molecule is CCc1cc(Cc2cc(CC)cc(C(C)(C)C)c2O)c(O)c(C(C)C)c1. The molecule has 142 valence electrons. The fraction of sp³-hybridized carbons (Fsp3) is 0.500. The van der Waals surface area contributed by atoms with Gasteiger partial charge in [0.1, 0.15) is 11.5 Å². The Bertz CT molecular complexity index is 780. The Morgan fingerprint density at radius 3 is 1.77 bits per heavy atom. The minimum Gasteiger partial charge on any atom is -0.507 e. The van der Waals surface area contributed by atoms with Crippen molar-refractivity contribution in [1.82, 2.24) is 0 Å². The maximum Gasteiger partial charge on any atom is 0.122 e. The van der Waals surface area contributed by atoms with E-state index in [0.29, 0.717) is 17.9 Å². The van der Waals surface area contributed by atoms with Crippen molar-refractivity contribution in [3.63, 3.8) is 0 Å². The Balaban J connectivity index is 2.60. The van der Waals surface area contributed by atoms with Crippen molar-refractivity contribution in [3.05, 3.63) is 57.6 Å². The minimum absolute atomic E-state index is 0.125. The highest BCUT2D eigenvalue weighted by Crippen LogP contribution is 2.38. The Hall–Kier alpha value is -1.96. The van der Waals surface area contributed by atoms with Gasteiger partial charge in [-0.2, -0.15) is 0 Å². The molecule has 0 saturated heterocycles. The maximum atomic E-state index is 10.9. The molecule has 0 aliphatic heterocycles. The lowest BCUT2D eigenvalue weighted by Crippen LogP contribution is -2.13. The number of aryl methyl sites for hydroxylation is 2. The summed E-state index contributed by atoms with van der Waals surface area (Å²) < 4.78 is 0. The molecule has 2 rings (SSSR count). The van der Waals surface area contributed by atoms with Gasteiger partial charge in [0.15, 0.2) is 0 Å². The van der Waals surface area contributed by atoms with E-state index in [0.717, 1.165) is 35.1 Å². The molecule has 0 atom stereocenters. The normalized spacial score (nSPS) is 12.0. The third-order valence-electron chi connectivity index (χ3n) is 5.15. The number of phenolic OH excluding ortho intramolecular Hbond substituents is 2. The average Bonchev–Trinajstić information content (AvgIpc) is 2.56. The fourth-order valence-electron chi connectivity index (χ4n) is 3.44. The van der Waals surface area contributed by atoms with Crippen molar-refractivity contribution < 1.29 is 10.2 Å². The molecule has 0 aliphatic rings. The number of rotatable bonds is 5. The van der Waals surface area contributed by atoms with E-state index in [4.69, 9.17) is 0 Å². The quantitative estimate of drug-likeness (QED) is 0.668. The van der Waals surface area contributed by atoms with Crippen LogP contribution in [-0.2, 0) is 24.7 Å². The van der Waals surface area contributed by atoms with E-state index < -0.39 is 0 Å². The van der Waals surface area contributed by atoms with Crippen molar-refractivity contribution in [2.75, 3.05) is 0 Å². The standard InChI is InChI=1S/C24H34O2/c1-8-16-10-18(22(25)20(12-16)15(3)4)14-19-11-17(9-2)13-21(23(19)26)24(5,6)7/h10-13,15,25-26H,8-9,14H2,1-7H3. The third-order valence-corrected chi connectivity index (χ3v) is 5.15. The molecule has 0 bridgehead atoms. The van der Waals surface area contributed by atoms with Gasteiger partial charge in [-0.1, -0.05) is 72.7 Å². The van der Waals surface area contributed by atoms with Crippen molar-refractivity contribution in [1.29, 1.82) is 0 Å². The molecule has 0 saturated carbocycles. The highest BCUT2D eigenvalue weighted by molar-refractivity contribution is 5.52. The van der Waals surface area contributed by atoms with Gasteiger partial charge in [-0.05, 0) is 57.6 Å². The predicted molar refractivity (Wildman–Crippen MR) is 111 cm³/mol. The van der Waals surface area contributed by atoms with Crippen LogP contribution in [0.3, 0.4) is 0 Å². The van der Waals surface area contributed by atoms with Gasteiger partial charge < -0.3 is 10.2 Å². The van der Waals surface area contributed by atoms with Gasteiger partial charge in [-0.3, -0.25) is 0 Å². The highest BCUT2D eigenvalue weighted by Gasteiger charge is 2.22. The molecule has 0 aromatic heterocycles. The van der Waals surface area contributed by atoms with Crippen LogP contribution < -0.4 is 0 Å². The molecule has 0 radical (unpaired) electrons.